The van der Waals surface area contributed by atoms with Crippen LogP contribution in [-0.2, 0) is 14.8 Å². The number of anilines is 2. The molecule has 0 aliphatic carbocycles. The second-order valence-electron chi connectivity index (χ2n) is 4.33. The Hall–Kier alpha value is -1.25. The van der Waals surface area contributed by atoms with E-state index in [1.54, 1.807) is 36.0 Å². The first kappa shape index (κ1) is 16.8. The van der Waals surface area contributed by atoms with Crippen molar-refractivity contribution in [2.45, 2.75) is 12.5 Å². The van der Waals surface area contributed by atoms with E-state index in [1.807, 2.05) is 6.26 Å². The van der Waals surface area contributed by atoms with Crippen molar-refractivity contribution < 1.29 is 13.2 Å². The van der Waals surface area contributed by atoms with Crippen LogP contribution in [0, 0.1) is 0 Å². The van der Waals surface area contributed by atoms with Gasteiger partial charge in [0.1, 0.15) is 0 Å². The molecule has 0 heterocycles. The third-order valence-corrected chi connectivity index (χ3v) is 3.68. The number of carbonyl (C=O) groups excluding carboxylic acids is 1. The lowest BCUT2D eigenvalue weighted by atomic mass is 10.2. The second-order valence-corrected chi connectivity index (χ2v) is 7.06. The molecule has 1 aromatic carbocycles. The number of hydrogen-bond acceptors (Lipinski definition) is 5. The SMILES string of the molecule is CSCC[C@H](N)C(=O)Nc1ccc(NS(C)(=O)=O)cc1. The van der Waals surface area contributed by atoms with Crippen molar-refractivity contribution in [1.29, 1.82) is 0 Å². The molecule has 0 bridgehead atoms. The van der Waals surface area contributed by atoms with Crippen LogP contribution in [0.15, 0.2) is 24.3 Å². The second kappa shape index (κ2) is 7.51. The van der Waals surface area contributed by atoms with E-state index in [4.69, 9.17) is 5.73 Å². The van der Waals surface area contributed by atoms with Gasteiger partial charge in [0.05, 0.1) is 12.3 Å². The van der Waals surface area contributed by atoms with E-state index in [-0.39, 0.29) is 5.91 Å². The van der Waals surface area contributed by atoms with Gasteiger partial charge < -0.3 is 11.1 Å². The van der Waals surface area contributed by atoms with Crippen molar-refractivity contribution in [3.63, 3.8) is 0 Å². The predicted molar refractivity (Wildman–Crippen MR) is 84.5 cm³/mol. The Morgan fingerprint density at radius 3 is 2.35 bits per heavy atom. The number of nitrogens with two attached hydrogens (primary N) is 1. The molecule has 1 aromatic rings. The van der Waals surface area contributed by atoms with E-state index < -0.39 is 16.1 Å². The summed E-state index contributed by atoms with van der Waals surface area (Å²) >= 11 is 1.64. The van der Waals surface area contributed by atoms with Crippen LogP contribution in [0.3, 0.4) is 0 Å². The van der Waals surface area contributed by atoms with E-state index in [9.17, 15) is 13.2 Å². The first-order valence-corrected chi connectivity index (χ1v) is 9.23. The normalized spacial score (nSPS) is 12.8. The van der Waals surface area contributed by atoms with Crippen LogP contribution in [0.25, 0.3) is 0 Å². The summed E-state index contributed by atoms with van der Waals surface area (Å²) in [6, 6.07) is 5.84. The maximum atomic E-state index is 11.8. The first-order valence-electron chi connectivity index (χ1n) is 5.95. The lowest BCUT2D eigenvalue weighted by Crippen LogP contribution is -2.36. The third kappa shape index (κ3) is 6.27. The Kier molecular flexibility index (Phi) is 6.31. The molecule has 8 heteroatoms. The monoisotopic (exact) mass is 317 g/mol. The Balaban J connectivity index is 2.59. The highest BCUT2D eigenvalue weighted by Gasteiger charge is 2.12. The van der Waals surface area contributed by atoms with Gasteiger partial charge in [-0.3, -0.25) is 9.52 Å². The van der Waals surface area contributed by atoms with Gasteiger partial charge in [0.2, 0.25) is 15.9 Å². The van der Waals surface area contributed by atoms with E-state index in [0.29, 0.717) is 17.8 Å². The van der Waals surface area contributed by atoms with Crippen LogP contribution in [0.4, 0.5) is 11.4 Å². The van der Waals surface area contributed by atoms with Gasteiger partial charge in [0.25, 0.3) is 0 Å². The number of benzene rings is 1. The molecule has 0 fully saturated rings. The van der Waals surface area contributed by atoms with Gasteiger partial charge >= 0.3 is 0 Å². The zero-order valence-corrected chi connectivity index (χ0v) is 13.1. The molecule has 0 saturated heterocycles. The van der Waals surface area contributed by atoms with E-state index in [2.05, 4.69) is 10.0 Å². The minimum absolute atomic E-state index is 0.247. The molecule has 112 valence electrons. The lowest BCUT2D eigenvalue weighted by Gasteiger charge is -2.12. The highest BCUT2D eigenvalue weighted by atomic mass is 32.2. The number of nitrogens with one attached hydrogen (secondary N) is 2. The van der Waals surface area contributed by atoms with Gasteiger partial charge in [0.15, 0.2) is 0 Å². The summed E-state index contributed by atoms with van der Waals surface area (Å²) in [7, 11) is -3.30. The predicted octanol–water partition coefficient (Wildman–Crippen LogP) is 1.08. The average molecular weight is 317 g/mol. The van der Waals surface area contributed by atoms with Crippen LogP contribution in [0.5, 0.6) is 0 Å². The van der Waals surface area contributed by atoms with E-state index in [1.165, 1.54) is 0 Å². The zero-order chi connectivity index (χ0) is 15.2. The number of rotatable bonds is 7. The van der Waals surface area contributed by atoms with Crippen LogP contribution in [-0.4, -0.2) is 38.6 Å². The summed E-state index contributed by atoms with van der Waals surface area (Å²) in [6.07, 6.45) is 3.65. The molecule has 20 heavy (non-hydrogen) atoms. The van der Waals surface area contributed by atoms with Gasteiger partial charge in [-0.05, 0) is 42.7 Å². The summed E-state index contributed by atoms with van der Waals surface area (Å²) in [5.74, 6) is 0.578. The quantitative estimate of drug-likeness (QED) is 0.698. The Bertz CT molecular complexity index is 544. The standard InChI is InChI=1S/C12H19N3O3S2/c1-19-8-7-11(13)12(16)14-9-3-5-10(6-4-9)15-20(2,17)18/h3-6,11,15H,7-8,13H2,1-2H3,(H,14,16)/t11-/m0/s1. The smallest absolute Gasteiger partial charge is 0.241 e. The number of carbonyl (C=O) groups is 1. The molecular formula is C12H19N3O3S2. The third-order valence-electron chi connectivity index (χ3n) is 2.43. The Labute approximate surface area is 123 Å². The minimum atomic E-state index is -3.30. The van der Waals surface area contributed by atoms with Crippen LogP contribution in [0.2, 0.25) is 0 Å². The number of hydrogen-bond donors (Lipinski definition) is 3. The number of thioether (sulfide) groups is 1. The summed E-state index contributed by atoms with van der Waals surface area (Å²) in [4.78, 5) is 11.8. The summed E-state index contributed by atoms with van der Waals surface area (Å²) in [5.41, 5.74) is 6.77. The van der Waals surface area contributed by atoms with Gasteiger partial charge in [-0.15, -0.1) is 0 Å². The largest absolute Gasteiger partial charge is 0.325 e. The number of sulfonamides is 1. The van der Waals surface area contributed by atoms with Crippen molar-refractivity contribution in [3.05, 3.63) is 24.3 Å². The fourth-order valence-electron chi connectivity index (χ4n) is 1.45. The summed E-state index contributed by atoms with van der Waals surface area (Å²) in [6.45, 7) is 0. The van der Waals surface area contributed by atoms with Gasteiger partial charge in [-0.2, -0.15) is 11.8 Å². The molecule has 0 unspecified atom stereocenters. The number of amides is 1. The molecule has 1 atom stereocenters. The lowest BCUT2D eigenvalue weighted by molar-refractivity contribution is -0.117. The topological polar surface area (TPSA) is 101 Å². The van der Waals surface area contributed by atoms with Crippen molar-refractivity contribution in [2.75, 3.05) is 28.3 Å². The maximum absolute atomic E-state index is 11.8. The Morgan fingerprint density at radius 2 is 1.85 bits per heavy atom. The fourth-order valence-corrected chi connectivity index (χ4v) is 2.50. The molecule has 0 saturated carbocycles. The fraction of sp³-hybridized carbons (Fsp3) is 0.417. The first-order chi connectivity index (χ1) is 9.31. The highest BCUT2D eigenvalue weighted by Crippen LogP contribution is 2.14. The molecule has 0 aliphatic heterocycles. The van der Waals surface area contributed by atoms with Crippen LogP contribution in [0.1, 0.15) is 6.42 Å². The molecule has 0 aliphatic rings. The van der Waals surface area contributed by atoms with Crippen LogP contribution >= 0.6 is 11.8 Å². The molecule has 0 spiro atoms. The van der Waals surface area contributed by atoms with E-state index >= 15 is 0 Å². The summed E-state index contributed by atoms with van der Waals surface area (Å²) < 4.78 is 24.5. The van der Waals surface area contributed by atoms with Crippen molar-refractivity contribution in [1.82, 2.24) is 0 Å². The van der Waals surface area contributed by atoms with Crippen molar-refractivity contribution >= 4 is 39.1 Å². The van der Waals surface area contributed by atoms with Crippen molar-refractivity contribution in [2.24, 2.45) is 5.73 Å². The highest BCUT2D eigenvalue weighted by molar-refractivity contribution is 7.98. The van der Waals surface area contributed by atoms with Gasteiger partial charge in [-0.25, -0.2) is 8.42 Å². The zero-order valence-electron chi connectivity index (χ0n) is 11.4. The van der Waals surface area contributed by atoms with Gasteiger partial charge in [-0.1, -0.05) is 0 Å². The van der Waals surface area contributed by atoms with Crippen molar-refractivity contribution in [3.8, 4) is 0 Å². The molecule has 1 amide bonds. The molecule has 6 nitrogen and oxygen atoms in total. The van der Waals surface area contributed by atoms with E-state index in [0.717, 1.165) is 12.0 Å². The Morgan fingerprint density at radius 1 is 1.30 bits per heavy atom. The molecule has 4 N–H and O–H groups in total. The molecule has 0 aromatic heterocycles. The maximum Gasteiger partial charge on any atom is 0.241 e. The average Bonchev–Trinajstić information content (AvgIpc) is 2.36. The molecule has 0 radical (unpaired) electrons. The molecule has 1 rings (SSSR count). The van der Waals surface area contributed by atoms with Crippen LogP contribution < -0.4 is 15.8 Å². The summed E-state index contributed by atoms with van der Waals surface area (Å²) in [5, 5.41) is 2.69. The van der Waals surface area contributed by atoms with Gasteiger partial charge in [0, 0.05) is 11.4 Å². The minimum Gasteiger partial charge on any atom is -0.325 e. The molecular weight excluding hydrogens is 298 g/mol.